The van der Waals surface area contributed by atoms with Crippen LogP contribution >= 0.6 is 0 Å². The Hall–Kier alpha value is -1.60. The molecule has 0 radical (unpaired) electrons. The zero-order valence-corrected chi connectivity index (χ0v) is 13.9. The van der Waals surface area contributed by atoms with Crippen molar-refractivity contribution in [2.24, 2.45) is 5.92 Å². The van der Waals surface area contributed by atoms with Crippen LogP contribution in [0.25, 0.3) is 0 Å². The van der Waals surface area contributed by atoms with Crippen LogP contribution < -0.4 is 5.32 Å². The van der Waals surface area contributed by atoms with E-state index in [1.165, 1.54) is 6.33 Å². The van der Waals surface area contributed by atoms with Gasteiger partial charge in [-0.1, -0.05) is 0 Å². The number of aromatic nitrogens is 2. The molecule has 0 aromatic carbocycles. The van der Waals surface area contributed by atoms with Gasteiger partial charge >= 0.3 is 0 Å². The summed E-state index contributed by atoms with van der Waals surface area (Å²) in [4.78, 5) is 22.1. The summed E-state index contributed by atoms with van der Waals surface area (Å²) in [5.74, 6) is 0.555. The molecular weight excluding hydrogens is 311 g/mol. The molecule has 0 saturated carbocycles. The van der Waals surface area contributed by atoms with Crippen molar-refractivity contribution in [3.8, 4) is 0 Å². The minimum atomic E-state index is -0.841. The van der Waals surface area contributed by atoms with E-state index in [2.05, 4.69) is 20.2 Å². The Kier molecular flexibility index (Phi) is 6.09. The second kappa shape index (κ2) is 8.48. The van der Waals surface area contributed by atoms with E-state index >= 15 is 0 Å². The molecule has 24 heavy (non-hydrogen) atoms. The van der Waals surface area contributed by atoms with Gasteiger partial charge in [0.2, 0.25) is 5.91 Å². The van der Waals surface area contributed by atoms with Gasteiger partial charge in [-0.15, -0.1) is 0 Å². The fourth-order valence-corrected chi connectivity index (χ4v) is 3.44. The lowest BCUT2D eigenvalue weighted by Crippen LogP contribution is -2.39. The highest BCUT2D eigenvalue weighted by molar-refractivity contribution is 5.75. The normalized spacial score (nSPS) is 27.5. The van der Waals surface area contributed by atoms with E-state index < -0.39 is 6.17 Å². The van der Waals surface area contributed by atoms with E-state index in [1.807, 2.05) is 0 Å². The molecule has 1 unspecified atom stereocenters. The number of ether oxygens (including phenoxy) is 1. The van der Waals surface area contributed by atoms with Crippen molar-refractivity contribution < 1.29 is 13.9 Å². The zero-order valence-electron chi connectivity index (χ0n) is 13.9. The van der Waals surface area contributed by atoms with Gasteiger partial charge in [0.05, 0.1) is 0 Å². The van der Waals surface area contributed by atoms with E-state index in [-0.39, 0.29) is 11.9 Å². The first-order valence-electron chi connectivity index (χ1n) is 8.67. The summed E-state index contributed by atoms with van der Waals surface area (Å²) >= 11 is 0. The minimum absolute atomic E-state index is 0.0268. The first-order chi connectivity index (χ1) is 11.7. The van der Waals surface area contributed by atoms with Crippen LogP contribution in [0.1, 0.15) is 31.2 Å². The molecule has 0 spiro atoms. The van der Waals surface area contributed by atoms with E-state index in [4.69, 9.17) is 4.74 Å². The number of likely N-dealkylation sites (tertiary alicyclic amines) is 1. The quantitative estimate of drug-likeness (QED) is 0.813. The Morgan fingerprint density at radius 1 is 1.42 bits per heavy atom. The number of halogens is 1. The fourth-order valence-electron chi connectivity index (χ4n) is 3.44. The van der Waals surface area contributed by atoms with Crippen molar-refractivity contribution in [1.29, 1.82) is 0 Å². The molecule has 0 bridgehead atoms. The van der Waals surface area contributed by atoms with E-state index in [0.29, 0.717) is 38.4 Å². The van der Waals surface area contributed by atoms with Gasteiger partial charge in [0.1, 0.15) is 12.5 Å². The van der Waals surface area contributed by atoms with Gasteiger partial charge in [0.15, 0.2) is 0 Å². The van der Waals surface area contributed by atoms with Gasteiger partial charge in [-0.2, -0.15) is 0 Å². The number of hydrogen-bond acceptors (Lipinski definition) is 5. The van der Waals surface area contributed by atoms with Gasteiger partial charge in [-0.3, -0.25) is 9.69 Å². The van der Waals surface area contributed by atoms with Gasteiger partial charge in [0.25, 0.3) is 0 Å². The molecule has 1 amide bonds. The fraction of sp³-hybridized carbons (Fsp3) is 0.706. The number of hydrogen-bond donors (Lipinski definition) is 1. The number of amides is 1. The summed E-state index contributed by atoms with van der Waals surface area (Å²) in [7, 11) is 0. The van der Waals surface area contributed by atoms with Crippen LogP contribution in [0, 0.1) is 5.92 Å². The number of alkyl halides is 1. The number of rotatable bonds is 7. The molecule has 3 heterocycles. The molecule has 3 rings (SSSR count). The predicted octanol–water partition coefficient (Wildman–Crippen LogP) is 1.32. The lowest BCUT2D eigenvalue weighted by Gasteiger charge is -2.24. The number of nitrogens with one attached hydrogen (secondary N) is 1. The van der Waals surface area contributed by atoms with Crippen molar-refractivity contribution in [3.05, 3.63) is 24.3 Å². The average Bonchev–Trinajstić information content (AvgIpc) is 3.22. The molecule has 1 aromatic rings. The maximum atomic E-state index is 13.8. The molecule has 7 heteroatoms. The molecular formula is C17H25FN4O2. The molecule has 1 aromatic heterocycles. The Morgan fingerprint density at radius 3 is 3.00 bits per heavy atom. The van der Waals surface area contributed by atoms with Gasteiger partial charge in [0, 0.05) is 63.3 Å². The van der Waals surface area contributed by atoms with E-state index in [9.17, 15) is 9.18 Å². The SMILES string of the molecule is O=C(CCC1CCOC1)NC[C@@H]1C[C@H](F)CN1Cc1cncnc1. The van der Waals surface area contributed by atoms with Crippen LogP contribution in [-0.4, -0.2) is 59.3 Å². The smallest absolute Gasteiger partial charge is 0.220 e. The third-order valence-electron chi connectivity index (χ3n) is 4.82. The summed E-state index contributed by atoms with van der Waals surface area (Å²) in [6, 6.07) is 0.0268. The van der Waals surface area contributed by atoms with Gasteiger partial charge in [-0.05, 0) is 25.2 Å². The molecule has 132 valence electrons. The van der Waals surface area contributed by atoms with Gasteiger partial charge < -0.3 is 10.1 Å². The standard InChI is InChI=1S/C17H25FN4O2/c18-15-5-16(22(10-15)9-14-6-19-12-20-7-14)8-21-17(23)2-1-13-3-4-24-11-13/h6-7,12-13,15-16H,1-5,8-11H2,(H,21,23)/t13?,15-,16-/m0/s1. The van der Waals surface area contributed by atoms with Crippen LogP contribution in [0.3, 0.4) is 0 Å². The van der Waals surface area contributed by atoms with Crippen LogP contribution in [0.4, 0.5) is 4.39 Å². The first kappa shape index (κ1) is 17.2. The lowest BCUT2D eigenvalue weighted by molar-refractivity contribution is -0.121. The Labute approximate surface area is 141 Å². The Balaban J connectivity index is 1.43. The van der Waals surface area contributed by atoms with Crippen molar-refractivity contribution in [1.82, 2.24) is 20.2 Å². The zero-order chi connectivity index (χ0) is 16.8. The minimum Gasteiger partial charge on any atom is -0.381 e. The van der Waals surface area contributed by atoms with Crippen molar-refractivity contribution in [2.45, 2.75) is 44.4 Å². The van der Waals surface area contributed by atoms with Crippen molar-refractivity contribution in [3.63, 3.8) is 0 Å². The largest absolute Gasteiger partial charge is 0.381 e. The lowest BCUT2D eigenvalue weighted by atomic mass is 10.0. The van der Waals surface area contributed by atoms with E-state index in [1.54, 1.807) is 12.4 Å². The second-order valence-electron chi connectivity index (χ2n) is 6.74. The number of carbonyl (C=O) groups is 1. The topological polar surface area (TPSA) is 67.3 Å². The van der Waals surface area contributed by atoms with Crippen LogP contribution in [0.2, 0.25) is 0 Å². The predicted molar refractivity (Wildman–Crippen MR) is 86.9 cm³/mol. The maximum absolute atomic E-state index is 13.8. The average molecular weight is 336 g/mol. The highest BCUT2D eigenvalue weighted by Gasteiger charge is 2.32. The second-order valence-corrected chi connectivity index (χ2v) is 6.74. The molecule has 1 N–H and O–H groups in total. The monoisotopic (exact) mass is 336 g/mol. The summed E-state index contributed by atoms with van der Waals surface area (Å²) in [5.41, 5.74) is 0.962. The third kappa shape index (κ3) is 4.95. The van der Waals surface area contributed by atoms with Crippen molar-refractivity contribution >= 4 is 5.91 Å². The van der Waals surface area contributed by atoms with Gasteiger partial charge in [-0.25, -0.2) is 14.4 Å². The van der Waals surface area contributed by atoms with Crippen LogP contribution in [-0.2, 0) is 16.1 Å². The summed E-state index contributed by atoms with van der Waals surface area (Å²) in [5, 5.41) is 2.97. The maximum Gasteiger partial charge on any atom is 0.220 e. The molecule has 0 aliphatic carbocycles. The van der Waals surface area contributed by atoms with Crippen molar-refractivity contribution in [2.75, 3.05) is 26.3 Å². The summed E-state index contributed by atoms with van der Waals surface area (Å²) in [6.07, 6.45) is 7.04. The molecule has 3 atom stereocenters. The Bertz CT molecular complexity index is 525. The Morgan fingerprint density at radius 2 is 2.25 bits per heavy atom. The molecule has 6 nitrogen and oxygen atoms in total. The molecule has 2 fully saturated rings. The highest BCUT2D eigenvalue weighted by Crippen LogP contribution is 2.22. The third-order valence-corrected chi connectivity index (χ3v) is 4.82. The number of nitrogens with zero attached hydrogens (tertiary/aromatic N) is 3. The van der Waals surface area contributed by atoms with Crippen LogP contribution in [0.15, 0.2) is 18.7 Å². The summed E-state index contributed by atoms with van der Waals surface area (Å²) in [6.45, 7) is 3.08. The molecule has 2 aliphatic heterocycles. The molecule has 2 saturated heterocycles. The highest BCUT2D eigenvalue weighted by atomic mass is 19.1. The first-order valence-corrected chi connectivity index (χ1v) is 8.67. The molecule has 2 aliphatic rings. The summed E-state index contributed by atoms with van der Waals surface area (Å²) < 4.78 is 19.1. The van der Waals surface area contributed by atoms with E-state index in [0.717, 1.165) is 31.6 Å². The number of carbonyl (C=O) groups excluding carboxylic acids is 1. The van der Waals surface area contributed by atoms with Crippen LogP contribution in [0.5, 0.6) is 0 Å².